The summed E-state index contributed by atoms with van der Waals surface area (Å²) in [5, 5.41) is 6.62. The Kier molecular flexibility index (Phi) is 1.58. The summed E-state index contributed by atoms with van der Waals surface area (Å²) in [7, 11) is 0. The first-order valence-corrected chi connectivity index (χ1v) is 3.90. The largest absolute Gasteiger partial charge is 0.287 e. The second-order valence-electron chi connectivity index (χ2n) is 3.00. The van der Waals surface area contributed by atoms with Gasteiger partial charge in [-0.1, -0.05) is 18.2 Å². The van der Waals surface area contributed by atoms with Crippen LogP contribution >= 0.6 is 0 Å². The van der Waals surface area contributed by atoms with Gasteiger partial charge in [-0.05, 0) is 6.07 Å². The van der Waals surface area contributed by atoms with Crippen LogP contribution in [0.2, 0.25) is 0 Å². The van der Waals surface area contributed by atoms with Crippen molar-refractivity contribution in [2.45, 2.75) is 12.8 Å². The first-order valence-electron chi connectivity index (χ1n) is 3.90. The molecule has 0 aliphatic rings. The molecule has 0 amide bonds. The standard InChI is InChI=1S/C9H8F2N2/c1-9(10,11)8-6-4-2-3-5-7(6)12-13-8/h2-5H,1H3,(H,12,13). The molecule has 1 N–H and O–H groups in total. The first-order chi connectivity index (χ1) is 6.09. The third-order valence-electron chi connectivity index (χ3n) is 1.90. The second-order valence-corrected chi connectivity index (χ2v) is 3.00. The highest BCUT2D eigenvalue weighted by Gasteiger charge is 2.28. The average Bonchev–Trinajstić information content (AvgIpc) is 2.45. The van der Waals surface area contributed by atoms with Crippen LogP contribution in [0.1, 0.15) is 12.6 Å². The predicted molar refractivity (Wildman–Crippen MR) is 45.7 cm³/mol. The third-order valence-corrected chi connectivity index (χ3v) is 1.90. The molecular formula is C9H8F2N2. The van der Waals surface area contributed by atoms with E-state index in [1.54, 1.807) is 24.3 Å². The topological polar surface area (TPSA) is 28.7 Å². The zero-order chi connectivity index (χ0) is 9.47. The van der Waals surface area contributed by atoms with Crippen molar-refractivity contribution < 1.29 is 8.78 Å². The van der Waals surface area contributed by atoms with Crippen molar-refractivity contribution in [3.05, 3.63) is 30.0 Å². The highest BCUT2D eigenvalue weighted by Crippen LogP contribution is 2.30. The molecule has 0 saturated heterocycles. The van der Waals surface area contributed by atoms with Crippen LogP contribution in [0.3, 0.4) is 0 Å². The van der Waals surface area contributed by atoms with Crippen molar-refractivity contribution in [3.8, 4) is 0 Å². The summed E-state index contributed by atoms with van der Waals surface area (Å²) in [6, 6.07) is 6.81. The van der Waals surface area contributed by atoms with E-state index in [-0.39, 0.29) is 5.69 Å². The van der Waals surface area contributed by atoms with Crippen molar-refractivity contribution >= 4 is 10.9 Å². The van der Waals surface area contributed by atoms with Crippen molar-refractivity contribution in [2.75, 3.05) is 0 Å². The second kappa shape index (κ2) is 2.52. The summed E-state index contributed by atoms with van der Waals surface area (Å²) in [4.78, 5) is 0. The lowest BCUT2D eigenvalue weighted by molar-refractivity contribution is 0.0142. The number of benzene rings is 1. The first kappa shape index (κ1) is 8.16. The van der Waals surface area contributed by atoms with E-state index >= 15 is 0 Å². The maximum Gasteiger partial charge on any atom is 0.287 e. The molecule has 0 atom stereocenters. The molecule has 1 aromatic carbocycles. The number of rotatable bonds is 1. The number of hydrogen-bond acceptors (Lipinski definition) is 1. The molecule has 0 spiro atoms. The number of aromatic amines is 1. The van der Waals surface area contributed by atoms with E-state index in [2.05, 4.69) is 10.2 Å². The Bertz CT molecular complexity index is 428. The Balaban J connectivity index is 2.72. The van der Waals surface area contributed by atoms with Crippen molar-refractivity contribution in [1.29, 1.82) is 0 Å². The number of fused-ring (bicyclic) bond motifs is 1. The molecule has 2 rings (SSSR count). The molecule has 1 aromatic heterocycles. The van der Waals surface area contributed by atoms with Gasteiger partial charge in [0.1, 0.15) is 5.69 Å². The summed E-state index contributed by atoms with van der Waals surface area (Å²) in [5.41, 5.74) is 0.446. The summed E-state index contributed by atoms with van der Waals surface area (Å²) in [5.74, 6) is -2.86. The number of H-pyrrole nitrogens is 1. The van der Waals surface area contributed by atoms with Gasteiger partial charge in [-0.15, -0.1) is 0 Å². The monoisotopic (exact) mass is 182 g/mol. The number of hydrogen-bond donors (Lipinski definition) is 1. The van der Waals surface area contributed by atoms with Crippen LogP contribution in [0.4, 0.5) is 8.78 Å². The van der Waals surface area contributed by atoms with Gasteiger partial charge in [-0.25, -0.2) is 0 Å². The highest BCUT2D eigenvalue weighted by atomic mass is 19.3. The molecule has 13 heavy (non-hydrogen) atoms. The van der Waals surface area contributed by atoms with E-state index in [0.717, 1.165) is 6.92 Å². The molecule has 0 radical (unpaired) electrons. The SMILES string of the molecule is CC(F)(F)c1[nH]nc2ccccc12. The van der Waals surface area contributed by atoms with Crippen LogP contribution < -0.4 is 0 Å². The van der Waals surface area contributed by atoms with Gasteiger partial charge in [-0.2, -0.15) is 13.9 Å². The van der Waals surface area contributed by atoms with Gasteiger partial charge in [0, 0.05) is 12.3 Å². The molecule has 0 fully saturated rings. The summed E-state index contributed by atoms with van der Waals surface area (Å²) in [6.45, 7) is 0.854. The predicted octanol–water partition coefficient (Wildman–Crippen LogP) is 2.67. The summed E-state index contributed by atoms with van der Waals surface area (Å²) >= 11 is 0. The lowest BCUT2D eigenvalue weighted by atomic mass is 10.1. The zero-order valence-electron chi connectivity index (χ0n) is 7.01. The average molecular weight is 182 g/mol. The maximum absolute atomic E-state index is 12.9. The van der Waals surface area contributed by atoms with Crippen LogP contribution in [-0.4, -0.2) is 10.2 Å². The lowest BCUT2D eigenvalue weighted by Crippen LogP contribution is -2.07. The van der Waals surface area contributed by atoms with E-state index in [4.69, 9.17) is 0 Å². The molecule has 2 nitrogen and oxygen atoms in total. The molecule has 0 unspecified atom stereocenters. The van der Waals surface area contributed by atoms with E-state index in [0.29, 0.717) is 10.9 Å². The minimum atomic E-state index is -2.86. The van der Waals surface area contributed by atoms with Gasteiger partial charge in [0.15, 0.2) is 0 Å². The molecule has 0 aliphatic heterocycles. The van der Waals surface area contributed by atoms with Crippen molar-refractivity contribution in [3.63, 3.8) is 0 Å². The molecule has 4 heteroatoms. The number of nitrogens with one attached hydrogen (secondary N) is 1. The van der Waals surface area contributed by atoms with Crippen LogP contribution in [-0.2, 0) is 5.92 Å². The molecule has 0 bridgehead atoms. The Morgan fingerprint density at radius 1 is 1.31 bits per heavy atom. The number of halogens is 2. The zero-order valence-corrected chi connectivity index (χ0v) is 7.01. The Morgan fingerprint density at radius 3 is 2.69 bits per heavy atom. The number of aromatic nitrogens is 2. The van der Waals surface area contributed by atoms with Gasteiger partial charge < -0.3 is 0 Å². The quantitative estimate of drug-likeness (QED) is 0.721. The summed E-state index contributed by atoms with van der Waals surface area (Å²) in [6.07, 6.45) is 0. The highest BCUT2D eigenvalue weighted by molar-refractivity contribution is 5.81. The van der Waals surface area contributed by atoms with Gasteiger partial charge in [0.2, 0.25) is 0 Å². The summed E-state index contributed by atoms with van der Waals surface area (Å²) < 4.78 is 25.9. The lowest BCUT2D eigenvalue weighted by Gasteiger charge is -2.06. The number of nitrogens with zero attached hydrogens (tertiary/aromatic N) is 1. The minimum absolute atomic E-state index is 0.122. The van der Waals surface area contributed by atoms with Gasteiger partial charge in [0.05, 0.1) is 5.52 Å². The molecule has 0 aliphatic carbocycles. The van der Waals surface area contributed by atoms with Crippen LogP contribution in [0.15, 0.2) is 24.3 Å². The fourth-order valence-electron chi connectivity index (χ4n) is 1.29. The number of para-hydroxylation sites is 1. The Hall–Kier alpha value is -1.45. The van der Waals surface area contributed by atoms with E-state index in [9.17, 15) is 8.78 Å². The van der Waals surface area contributed by atoms with Gasteiger partial charge in [0.25, 0.3) is 5.92 Å². The fourth-order valence-corrected chi connectivity index (χ4v) is 1.29. The van der Waals surface area contributed by atoms with E-state index in [1.807, 2.05) is 0 Å². The smallest absolute Gasteiger partial charge is 0.275 e. The third kappa shape index (κ3) is 1.28. The molecule has 68 valence electrons. The fraction of sp³-hybridized carbons (Fsp3) is 0.222. The Labute approximate surface area is 73.6 Å². The van der Waals surface area contributed by atoms with Crippen LogP contribution in [0, 0.1) is 0 Å². The van der Waals surface area contributed by atoms with Crippen LogP contribution in [0.5, 0.6) is 0 Å². The van der Waals surface area contributed by atoms with Crippen molar-refractivity contribution in [1.82, 2.24) is 10.2 Å². The van der Waals surface area contributed by atoms with E-state index in [1.165, 1.54) is 0 Å². The van der Waals surface area contributed by atoms with Gasteiger partial charge >= 0.3 is 0 Å². The van der Waals surface area contributed by atoms with Gasteiger partial charge in [-0.3, -0.25) is 5.10 Å². The molecule has 0 saturated carbocycles. The van der Waals surface area contributed by atoms with Crippen molar-refractivity contribution in [2.24, 2.45) is 0 Å². The number of alkyl halides is 2. The Morgan fingerprint density at radius 2 is 2.00 bits per heavy atom. The maximum atomic E-state index is 12.9. The van der Waals surface area contributed by atoms with E-state index < -0.39 is 5.92 Å². The molecule has 1 heterocycles. The molecular weight excluding hydrogens is 174 g/mol. The van der Waals surface area contributed by atoms with Crippen LogP contribution in [0.25, 0.3) is 10.9 Å². The molecule has 2 aromatic rings. The normalized spacial score (nSPS) is 12.2. The minimum Gasteiger partial charge on any atom is -0.275 e.